The van der Waals surface area contributed by atoms with E-state index in [-0.39, 0.29) is 19.1 Å². The quantitative estimate of drug-likeness (QED) is 0.532. The van der Waals surface area contributed by atoms with Crippen molar-refractivity contribution in [1.29, 1.82) is 0 Å². The van der Waals surface area contributed by atoms with Crippen molar-refractivity contribution in [3.63, 3.8) is 0 Å². The molecule has 0 saturated heterocycles. The maximum absolute atomic E-state index is 11.5. The lowest BCUT2D eigenvalue weighted by atomic mass is 10.3. The summed E-state index contributed by atoms with van der Waals surface area (Å²) >= 11 is 0. The lowest BCUT2D eigenvalue weighted by Gasteiger charge is -2.16. The largest absolute Gasteiger partial charge is 0.487 e. The Labute approximate surface area is 137 Å². The molecular formula is C17H26N2O4. The molecule has 128 valence electrons. The van der Waals surface area contributed by atoms with Gasteiger partial charge in [-0.15, -0.1) is 6.58 Å². The monoisotopic (exact) mass is 322 g/mol. The zero-order chi connectivity index (χ0) is 17.1. The van der Waals surface area contributed by atoms with Crippen LogP contribution in [0.4, 0.5) is 0 Å². The molecule has 6 heteroatoms. The first-order chi connectivity index (χ1) is 11.0. The molecule has 23 heavy (non-hydrogen) atoms. The number of benzene rings is 1. The van der Waals surface area contributed by atoms with E-state index in [0.717, 1.165) is 0 Å². The Kier molecular flexibility index (Phi) is 8.79. The Morgan fingerprint density at radius 2 is 1.96 bits per heavy atom. The minimum atomic E-state index is -0.624. The maximum Gasteiger partial charge on any atom is 0.258 e. The van der Waals surface area contributed by atoms with Crippen LogP contribution in [0.25, 0.3) is 0 Å². The molecule has 1 aromatic rings. The average molecular weight is 322 g/mol. The molecule has 3 N–H and O–H groups in total. The summed E-state index contributed by atoms with van der Waals surface area (Å²) in [6.07, 6.45) is 0.975. The molecule has 0 bridgehead atoms. The van der Waals surface area contributed by atoms with Gasteiger partial charge in [-0.05, 0) is 12.1 Å². The highest BCUT2D eigenvalue weighted by molar-refractivity contribution is 5.77. The fourth-order valence-corrected chi connectivity index (χ4v) is 1.69. The SMILES string of the molecule is C=CCNC(=O)COc1ccccc1OCC(O)CNC(C)C. The van der Waals surface area contributed by atoms with Crippen molar-refractivity contribution < 1.29 is 19.4 Å². The van der Waals surface area contributed by atoms with Gasteiger partial charge in [0.1, 0.15) is 12.7 Å². The van der Waals surface area contributed by atoms with E-state index in [0.29, 0.717) is 30.6 Å². The van der Waals surface area contributed by atoms with Crippen LogP contribution < -0.4 is 20.1 Å². The van der Waals surface area contributed by atoms with Crippen LogP contribution in [0.1, 0.15) is 13.8 Å². The van der Waals surface area contributed by atoms with E-state index < -0.39 is 6.10 Å². The number of nitrogens with one attached hydrogen (secondary N) is 2. The van der Waals surface area contributed by atoms with Gasteiger partial charge in [0, 0.05) is 19.1 Å². The third kappa shape index (κ3) is 8.23. The van der Waals surface area contributed by atoms with Crippen LogP contribution in [0.5, 0.6) is 11.5 Å². The molecule has 0 saturated carbocycles. The number of aliphatic hydroxyl groups is 1. The summed E-state index contributed by atoms with van der Waals surface area (Å²) in [4.78, 5) is 11.5. The second kappa shape index (κ2) is 10.6. The summed E-state index contributed by atoms with van der Waals surface area (Å²) in [5.41, 5.74) is 0. The van der Waals surface area contributed by atoms with E-state index >= 15 is 0 Å². The van der Waals surface area contributed by atoms with Crippen molar-refractivity contribution in [2.75, 3.05) is 26.3 Å². The highest BCUT2D eigenvalue weighted by atomic mass is 16.5. The molecule has 1 unspecified atom stereocenters. The predicted molar refractivity (Wildman–Crippen MR) is 89.8 cm³/mol. The van der Waals surface area contributed by atoms with E-state index in [1.165, 1.54) is 0 Å². The molecule has 0 fully saturated rings. The van der Waals surface area contributed by atoms with Gasteiger partial charge in [0.05, 0.1) is 0 Å². The van der Waals surface area contributed by atoms with Crippen LogP contribution in [0.2, 0.25) is 0 Å². The van der Waals surface area contributed by atoms with Crippen molar-refractivity contribution >= 4 is 5.91 Å². The lowest BCUT2D eigenvalue weighted by Crippen LogP contribution is -2.35. The van der Waals surface area contributed by atoms with Gasteiger partial charge in [0.2, 0.25) is 0 Å². The second-order valence-corrected chi connectivity index (χ2v) is 5.36. The Morgan fingerprint density at radius 1 is 1.30 bits per heavy atom. The molecule has 1 rings (SSSR count). The smallest absolute Gasteiger partial charge is 0.258 e. The molecule has 0 radical (unpaired) electrons. The summed E-state index contributed by atoms with van der Waals surface area (Å²) in [7, 11) is 0. The Hall–Kier alpha value is -2.05. The number of amides is 1. The van der Waals surface area contributed by atoms with E-state index in [4.69, 9.17) is 9.47 Å². The minimum absolute atomic E-state index is 0.105. The minimum Gasteiger partial charge on any atom is -0.487 e. The average Bonchev–Trinajstić information content (AvgIpc) is 2.54. The number of ether oxygens (including phenoxy) is 2. The Balaban J connectivity index is 2.46. The molecule has 1 atom stereocenters. The first-order valence-corrected chi connectivity index (χ1v) is 7.66. The van der Waals surface area contributed by atoms with Gasteiger partial charge in [-0.25, -0.2) is 0 Å². The van der Waals surface area contributed by atoms with Crippen LogP contribution in [0.15, 0.2) is 36.9 Å². The molecule has 0 spiro atoms. The van der Waals surface area contributed by atoms with E-state index in [2.05, 4.69) is 17.2 Å². The summed E-state index contributed by atoms with van der Waals surface area (Å²) in [6.45, 7) is 8.43. The number of rotatable bonds is 11. The fourth-order valence-electron chi connectivity index (χ4n) is 1.69. The topological polar surface area (TPSA) is 79.8 Å². The summed E-state index contributed by atoms with van der Waals surface area (Å²) < 4.78 is 11.0. The zero-order valence-electron chi connectivity index (χ0n) is 13.7. The third-order valence-electron chi connectivity index (χ3n) is 2.84. The van der Waals surface area contributed by atoms with Crippen LogP contribution in [-0.4, -0.2) is 49.5 Å². The van der Waals surface area contributed by atoms with Crippen LogP contribution >= 0.6 is 0 Å². The van der Waals surface area contributed by atoms with Crippen molar-refractivity contribution in [2.45, 2.75) is 26.0 Å². The van der Waals surface area contributed by atoms with Crippen molar-refractivity contribution in [3.8, 4) is 11.5 Å². The summed E-state index contributed by atoms with van der Waals surface area (Å²) in [5, 5.41) is 15.6. The van der Waals surface area contributed by atoms with Crippen molar-refractivity contribution in [3.05, 3.63) is 36.9 Å². The molecule has 0 aromatic heterocycles. The molecule has 1 aromatic carbocycles. The summed E-state index contributed by atoms with van der Waals surface area (Å²) in [5.74, 6) is 0.721. The van der Waals surface area contributed by atoms with E-state index in [9.17, 15) is 9.90 Å². The Bertz CT molecular complexity index is 491. The first kappa shape index (κ1) is 19.0. The number of carbonyl (C=O) groups excluding carboxylic acids is 1. The van der Waals surface area contributed by atoms with Crippen molar-refractivity contribution in [1.82, 2.24) is 10.6 Å². The number of hydrogen-bond acceptors (Lipinski definition) is 5. The molecule has 0 heterocycles. The van der Waals surface area contributed by atoms with Gasteiger partial charge in [0.25, 0.3) is 5.91 Å². The molecule has 1 amide bonds. The molecule has 0 aliphatic rings. The van der Waals surface area contributed by atoms with Crippen LogP contribution in [0, 0.1) is 0 Å². The third-order valence-corrected chi connectivity index (χ3v) is 2.84. The van der Waals surface area contributed by atoms with Crippen LogP contribution in [0.3, 0.4) is 0 Å². The van der Waals surface area contributed by atoms with E-state index in [1.807, 2.05) is 13.8 Å². The fraction of sp³-hybridized carbons (Fsp3) is 0.471. The van der Waals surface area contributed by atoms with Gasteiger partial charge in [-0.3, -0.25) is 4.79 Å². The lowest BCUT2D eigenvalue weighted by molar-refractivity contribution is -0.122. The highest BCUT2D eigenvalue weighted by Gasteiger charge is 2.10. The molecule has 0 aliphatic heterocycles. The van der Waals surface area contributed by atoms with Gasteiger partial charge in [-0.1, -0.05) is 32.1 Å². The normalized spacial score (nSPS) is 11.8. The second-order valence-electron chi connectivity index (χ2n) is 5.36. The predicted octanol–water partition coefficient (Wildman–Crippen LogP) is 1.11. The van der Waals surface area contributed by atoms with Crippen LogP contribution in [-0.2, 0) is 4.79 Å². The van der Waals surface area contributed by atoms with Gasteiger partial charge < -0.3 is 25.2 Å². The van der Waals surface area contributed by atoms with Crippen molar-refractivity contribution in [2.24, 2.45) is 0 Å². The van der Waals surface area contributed by atoms with Gasteiger partial charge >= 0.3 is 0 Å². The first-order valence-electron chi connectivity index (χ1n) is 7.66. The summed E-state index contributed by atoms with van der Waals surface area (Å²) in [6, 6.07) is 7.35. The van der Waals surface area contributed by atoms with Gasteiger partial charge in [0.15, 0.2) is 18.1 Å². The highest BCUT2D eigenvalue weighted by Crippen LogP contribution is 2.26. The number of carbonyl (C=O) groups is 1. The Morgan fingerprint density at radius 3 is 2.57 bits per heavy atom. The van der Waals surface area contributed by atoms with E-state index in [1.54, 1.807) is 30.3 Å². The molecule has 0 aliphatic carbocycles. The number of para-hydroxylation sites is 2. The number of aliphatic hydroxyl groups excluding tert-OH is 1. The standard InChI is InChI=1S/C17H26N2O4/c1-4-9-18-17(21)12-23-16-8-6-5-7-15(16)22-11-14(20)10-19-13(2)3/h4-8,13-14,19-20H,1,9-12H2,2-3H3,(H,18,21). The number of hydrogen-bond donors (Lipinski definition) is 3. The zero-order valence-corrected chi connectivity index (χ0v) is 13.7. The van der Waals surface area contributed by atoms with Gasteiger partial charge in [-0.2, -0.15) is 0 Å². The molecular weight excluding hydrogens is 296 g/mol. The molecule has 6 nitrogen and oxygen atoms in total. The maximum atomic E-state index is 11.5.